The van der Waals surface area contributed by atoms with Crippen molar-refractivity contribution in [1.29, 1.82) is 0 Å². The molecule has 0 aliphatic rings. The van der Waals surface area contributed by atoms with Crippen LogP contribution in [0.1, 0.15) is 52.5 Å². The van der Waals surface area contributed by atoms with Crippen molar-refractivity contribution in [2.24, 2.45) is 0 Å². The van der Waals surface area contributed by atoms with Crippen LogP contribution in [0.15, 0.2) is 24.3 Å². The second-order valence-corrected chi connectivity index (χ2v) is 6.11. The zero-order valence-corrected chi connectivity index (χ0v) is 14.6. The minimum Gasteiger partial charge on any atom is -0.475 e. The van der Waals surface area contributed by atoms with Gasteiger partial charge in [0.1, 0.15) is 11.5 Å². The van der Waals surface area contributed by atoms with E-state index in [9.17, 15) is 9.90 Å². The van der Waals surface area contributed by atoms with Crippen molar-refractivity contribution in [3.63, 3.8) is 0 Å². The molecule has 0 saturated heterocycles. The lowest BCUT2D eigenvalue weighted by Crippen LogP contribution is -2.48. The number of esters is 1. The molecule has 0 spiro atoms. The Morgan fingerprint density at radius 2 is 1.91 bits per heavy atom. The Labute approximate surface area is 139 Å². The monoisotopic (exact) mass is 323 g/mol. The first-order chi connectivity index (χ1) is 10.8. The molecule has 0 fully saturated rings. The molecule has 0 heterocycles. The number of benzene rings is 1. The normalized spacial score (nSPS) is 12.7. The summed E-state index contributed by atoms with van der Waals surface area (Å²) in [6.07, 6.45) is 2.61. The maximum Gasteiger partial charge on any atom is 0.310 e. The van der Waals surface area contributed by atoms with Crippen LogP contribution in [-0.2, 0) is 16.0 Å². The SMILES string of the molecule is CCCCOC(=O)Cc1ccc(OC(CC)NC(C)(C)O)cc1. The minimum atomic E-state index is -0.997. The first-order valence-corrected chi connectivity index (χ1v) is 8.25. The van der Waals surface area contributed by atoms with Crippen molar-refractivity contribution < 1.29 is 19.4 Å². The van der Waals surface area contributed by atoms with Gasteiger partial charge in [-0.05, 0) is 44.4 Å². The average molecular weight is 323 g/mol. The lowest BCUT2D eigenvalue weighted by molar-refractivity contribution is -0.142. The summed E-state index contributed by atoms with van der Waals surface area (Å²) < 4.78 is 10.9. The van der Waals surface area contributed by atoms with Gasteiger partial charge in [0.25, 0.3) is 0 Å². The number of ether oxygens (including phenoxy) is 2. The molecule has 1 unspecified atom stereocenters. The van der Waals surface area contributed by atoms with Crippen LogP contribution in [0.3, 0.4) is 0 Å². The molecule has 23 heavy (non-hydrogen) atoms. The molecule has 5 nitrogen and oxygen atoms in total. The number of aliphatic hydroxyl groups is 1. The highest BCUT2D eigenvalue weighted by atomic mass is 16.5. The zero-order chi connectivity index (χ0) is 17.3. The Bertz CT molecular complexity index is 465. The number of carbonyl (C=O) groups is 1. The lowest BCUT2D eigenvalue weighted by Gasteiger charge is -2.27. The van der Waals surface area contributed by atoms with E-state index >= 15 is 0 Å². The van der Waals surface area contributed by atoms with Crippen molar-refractivity contribution in [2.75, 3.05) is 6.61 Å². The first-order valence-electron chi connectivity index (χ1n) is 8.25. The van der Waals surface area contributed by atoms with Gasteiger partial charge in [0.05, 0.1) is 13.0 Å². The summed E-state index contributed by atoms with van der Waals surface area (Å²) in [5.41, 5.74) is -0.106. The fourth-order valence-corrected chi connectivity index (χ4v) is 2.01. The molecule has 0 aliphatic carbocycles. The highest BCUT2D eigenvalue weighted by molar-refractivity contribution is 5.72. The largest absolute Gasteiger partial charge is 0.475 e. The summed E-state index contributed by atoms with van der Waals surface area (Å²) in [7, 11) is 0. The zero-order valence-electron chi connectivity index (χ0n) is 14.6. The van der Waals surface area contributed by atoms with Gasteiger partial charge in [0.2, 0.25) is 0 Å². The molecule has 1 aromatic rings. The Hall–Kier alpha value is -1.59. The van der Waals surface area contributed by atoms with Crippen LogP contribution in [0, 0.1) is 0 Å². The predicted molar refractivity (Wildman–Crippen MR) is 90.2 cm³/mol. The fraction of sp³-hybridized carbons (Fsp3) is 0.611. The van der Waals surface area contributed by atoms with Crippen LogP contribution >= 0.6 is 0 Å². The fourth-order valence-electron chi connectivity index (χ4n) is 2.01. The Kier molecular flexibility index (Phi) is 8.06. The summed E-state index contributed by atoms with van der Waals surface area (Å²) in [6, 6.07) is 7.35. The molecule has 1 rings (SSSR count). The molecule has 130 valence electrons. The van der Waals surface area contributed by atoms with E-state index in [1.54, 1.807) is 13.8 Å². The van der Waals surface area contributed by atoms with Gasteiger partial charge >= 0.3 is 5.97 Å². The predicted octanol–water partition coefficient (Wildman–Crippen LogP) is 3.01. The van der Waals surface area contributed by atoms with Gasteiger partial charge in [0, 0.05) is 0 Å². The van der Waals surface area contributed by atoms with Crippen LogP contribution in [-0.4, -0.2) is 29.6 Å². The van der Waals surface area contributed by atoms with Crippen molar-refractivity contribution in [3.8, 4) is 5.75 Å². The van der Waals surface area contributed by atoms with Crippen LogP contribution in [0.4, 0.5) is 0 Å². The molecule has 5 heteroatoms. The van der Waals surface area contributed by atoms with Crippen LogP contribution in [0.2, 0.25) is 0 Å². The third-order valence-electron chi connectivity index (χ3n) is 3.20. The maximum atomic E-state index is 11.7. The van der Waals surface area contributed by atoms with E-state index in [0.717, 1.165) is 24.8 Å². The summed E-state index contributed by atoms with van der Waals surface area (Å²) in [4.78, 5) is 11.7. The van der Waals surface area contributed by atoms with Crippen molar-refractivity contribution in [2.45, 2.75) is 65.3 Å². The number of carbonyl (C=O) groups excluding carboxylic acids is 1. The van der Waals surface area contributed by atoms with E-state index in [1.807, 2.05) is 31.2 Å². The third-order valence-corrected chi connectivity index (χ3v) is 3.20. The van der Waals surface area contributed by atoms with Crippen LogP contribution < -0.4 is 10.1 Å². The third kappa shape index (κ3) is 8.57. The van der Waals surface area contributed by atoms with Crippen LogP contribution in [0.25, 0.3) is 0 Å². The number of nitrogens with one attached hydrogen (secondary N) is 1. The van der Waals surface area contributed by atoms with E-state index in [2.05, 4.69) is 12.2 Å². The summed E-state index contributed by atoms with van der Waals surface area (Å²) in [6.45, 7) is 7.86. The molecule has 0 aromatic heterocycles. The average Bonchev–Trinajstić information content (AvgIpc) is 2.47. The van der Waals surface area contributed by atoms with E-state index < -0.39 is 5.72 Å². The quantitative estimate of drug-likeness (QED) is 0.393. The van der Waals surface area contributed by atoms with Gasteiger partial charge in [-0.1, -0.05) is 32.4 Å². The first kappa shape index (κ1) is 19.5. The second kappa shape index (κ2) is 9.53. The number of rotatable bonds is 10. The van der Waals surface area contributed by atoms with E-state index in [-0.39, 0.29) is 18.6 Å². The number of unbranched alkanes of at least 4 members (excludes halogenated alkanes) is 1. The highest BCUT2D eigenvalue weighted by Gasteiger charge is 2.18. The van der Waals surface area contributed by atoms with Crippen molar-refractivity contribution in [1.82, 2.24) is 5.32 Å². The molecule has 1 aromatic carbocycles. The molecular formula is C18H29NO4. The van der Waals surface area contributed by atoms with E-state index in [1.165, 1.54) is 0 Å². The van der Waals surface area contributed by atoms with Gasteiger partial charge in [-0.25, -0.2) is 0 Å². The highest BCUT2D eigenvalue weighted by Crippen LogP contribution is 2.16. The Morgan fingerprint density at radius 1 is 1.26 bits per heavy atom. The van der Waals surface area contributed by atoms with E-state index in [0.29, 0.717) is 12.4 Å². The number of hydrogen-bond donors (Lipinski definition) is 2. The van der Waals surface area contributed by atoms with Gasteiger partial charge in [0.15, 0.2) is 6.23 Å². The summed E-state index contributed by atoms with van der Waals surface area (Å²) in [5, 5.41) is 12.8. The second-order valence-electron chi connectivity index (χ2n) is 6.11. The standard InChI is InChI=1S/C18H29NO4/c1-5-7-12-22-17(20)13-14-8-10-15(11-9-14)23-16(6-2)19-18(3,4)21/h8-11,16,19,21H,5-7,12-13H2,1-4H3. The maximum absolute atomic E-state index is 11.7. The number of hydrogen-bond acceptors (Lipinski definition) is 5. The molecule has 0 aliphatic heterocycles. The minimum absolute atomic E-state index is 0.206. The van der Waals surface area contributed by atoms with Crippen molar-refractivity contribution >= 4 is 5.97 Å². The molecule has 1 atom stereocenters. The molecule has 0 saturated carbocycles. The molecular weight excluding hydrogens is 294 g/mol. The Balaban J connectivity index is 2.50. The summed E-state index contributed by atoms with van der Waals surface area (Å²) >= 11 is 0. The van der Waals surface area contributed by atoms with Gasteiger partial charge < -0.3 is 14.6 Å². The van der Waals surface area contributed by atoms with Crippen molar-refractivity contribution in [3.05, 3.63) is 29.8 Å². The topological polar surface area (TPSA) is 67.8 Å². The van der Waals surface area contributed by atoms with Gasteiger partial charge in [-0.3, -0.25) is 10.1 Å². The lowest BCUT2D eigenvalue weighted by atomic mass is 10.1. The smallest absolute Gasteiger partial charge is 0.310 e. The molecule has 0 bridgehead atoms. The molecule has 2 N–H and O–H groups in total. The molecule has 0 amide bonds. The summed E-state index contributed by atoms with van der Waals surface area (Å²) in [5.74, 6) is 0.485. The van der Waals surface area contributed by atoms with Gasteiger partial charge in [-0.2, -0.15) is 0 Å². The van der Waals surface area contributed by atoms with Crippen LogP contribution in [0.5, 0.6) is 5.75 Å². The van der Waals surface area contributed by atoms with Gasteiger partial charge in [-0.15, -0.1) is 0 Å². The Morgan fingerprint density at radius 3 is 2.43 bits per heavy atom. The van der Waals surface area contributed by atoms with E-state index in [4.69, 9.17) is 9.47 Å². The molecule has 0 radical (unpaired) electrons.